The Morgan fingerprint density at radius 2 is 1.14 bits per heavy atom. The molecule has 0 aliphatic rings. The van der Waals surface area contributed by atoms with Gasteiger partial charge in [0.05, 0.1) is 6.61 Å². The number of esters is 1. The summed E-state index contributed by atoms with van der Waals surface area (Å²) in [6, 6.07) is 6.28. The molecule has 0 N–H and O–H groups in total. The van der Waals surface area contributed by atoms with Gasteiger partial charge in [-0.3, -0.25) is 0 Å². The third-order valence-electron chi connectivity index (χ3n) is 5.17. The first-order chi connectivity index (χ1) is 13.7. The van der Waals surface area contributed by atoms with Crippen molar-refractivity contribution < 1.29 is 31.1 Å². The fourth-order valence-electron chi connectivity index (χ4n) is 3.39. The molecule has 1 heterocycles. The van der Waals surface area contributed by atoms with E-state index in [2.05, 4.69) is 41.7 Å². The molecule has 29 heavy (non-hydrogen) atoms. The fourth-order valence-corrected chi connectivity index (χ4v) is 3.39. The van der Waals surface area contributed by atoms with Crippen molar-refractivity contribution in [3.05, 3.63) is 42.7 Å². The molecule has 0 saturated carbocycles. The number of unbranched alkanes of at least 4 members (excludes halogenated alkanes) is 13. The molecule has 0 radical (unpaired) electrons. The summed E-state index contributed by atoms with van der Waals surface area (Å²) in [5.41, 5.74) is 0.488. The Labute approximate surface area is 189 Å². The molecule has 0 amide bonds. The standard InChI is InChI=1S/C25H42NO2.BrH/c1-24(2)25(27)28-23-19-14-12-10-8-6-4-3-5-7-9-11-13-16-20-26-21-17-15-18-22-26;/h15,17-18,21-22H,1,3-14,16,19-20,23H2,2H3;1H/q+1;/p-1. The predicted molar refractivity (Wildman–Crippen MR) is 117 cm³/mol. The summed E-state index contributed by atoms with van der Waals surface area (Å²) in [6.07, 6.45) is 22.8. The molecule has 0 atom stereocenters. The lowest BCUT2D eigenvalue weighted by molar-refractivity contribution is -0.697. The van der Waals surface area contributed by atoms with Crippen molar-refractivity contribution in [2.45, 2.75) is 103 Å². The number of hydrogen-bond donors (Lipinski definition) is 0. The van der Waals surface area contributed by atoms with Crippen molar-refractivity contribution in [1.29, 1.82) is 0 Å². The van der Waals surface area contributed by atoms with E-state index < -0.39 is 0 Å². The average molecular weight is 469 g/mol. The van der Waals surface area contributed by atoms with Crippen LogP contribution >= 0.6 is 0 Å². The fraction of sp³-hybridized carbons (Fsp3) is 0.680. The van der Waals surface area contributed by atoms with Crippen LogP contribution in [-0.4, -0.2) is 12.6 Å². The molecule has 1 aromatic heterocycles. The number of hydrogen-bond acceptors (Lipinski definition) is 2. The van der Waals surface area contributed by atoms with Crippen molar-refractivity contribution in [1.82, 2.24) is 0 Å². The summed E-state index contributed by atoms with van der Waals surface area (Å²) >= 11 is 0. The van der Waals surface area contributed by atoms with Crippen LogP contribution in [0.3, 0.4) is 0 Å². The van der Waals surface area contributed by atoms with E-state index in [4.69, 9.17) is 4.74 Å². The van der Waals surface area contributed by atoms with E-state index in [0.717, 1.165) is 19.4 Å². The van der Waals surface area contributed by atoms with Gasteiger partial charge < -0.3 is 21.7 Å². The van der Waals surface area contributed by atoms with Crippen LogP contribution in [0.5, 0.6) is 0 Å². The summed E-state index contributed by atoms with van der Waals surface area (Å²) in [6.45, 7) is 6.96. The van der Waals surface area contributed by atoms with E-state index in [9.17, 15) is 4.79 Å². The Bertz CT molecular complexity index is 519. The van der Waals surface area contributed by atoms with Crippen molar-refractivity contribution in [2.24, 2.45) is 0 Å². The van der Waals surface area contributed by atoms with Crippen LogP contribution in [-0.2, 0) is 16.1 Å². The molecule has 4 heteroatoms. The Kier molecular flexibility index (Phi) is 19.3. The molecule has 0 unspecified atom stereocenters. The van der Waals surface area contributed by atoms with Crippen molar-refractivity contribution in [3.8, 4) is 0 Å². The first-order valence-corrected chi connectivity index (χ1v) is 11.5. The molecule has 3 nitrogen and oxygen atoms in total. The molecule has 0 aliphatic heterocycles. The van der Waals surface area contributed by atoms with Crippen molar-refractivity contribution in [2.75, 3.05) is 6.61 Å². The highest BCUT2D eigenvalue weighted by Gasteiger charge is 2.02. The lowest BCUT2D eigenvalue weighted by Crippen LogP contribution is -3.00. The summed E-state index contributed by atoms with van der Waals surface area (Å²) in [5.74, 6) is -0.258. The van der Waals surface area contributed by atoms with Crippen LogP contribution in [0.4, 0.5) is 0 Å². The summed E-state index contributed by atoms with van der Waals surface area (Å²) in [7, 11) is 0. The van der Waals surface area contributed by atoms with Gasteiger partial charge in [-0.05, 0) is 19.8 Å². The summed E-state index contributed by atoms with van der Waals surface area (Å²) < 4.78 is 7.37. The monoisotopic (exact) mass is 467 g/mol. The molecule has 0 aliphatic carbocycles. The van der Waals surface area contributed by atoms with Gasteiger partial charge in [0.15, 0.2) is 12.4 Å². The van der Waals surface area contributed by atoms with Crippen LogP contribution in [0.2, 0.25) is 0 Å². The second-order valence-electron chi connectivity index (χ2n) is 7.98. The predicted octanol–water partition coefficient (Wildman–Crippen LogP) is 3.56. The van der Waals surface area contributed by atoms with E-state index in [-0.39, 0.29) is 23.0 Å². The molecule has 0 aromatic carbocycles. The van der Waals surface area contributed by atoms with E-state index in [0.29, 0.717) is 12.2 Å². The molecule has 166 valence electrons. The maximum Gasteiger partial charge on any atom is 0.333 e. The number of aromatic nitrogens is 1. The molecule has 0 saturated heterocycles. The molecule has 1 aromatic rings. The third-order valence-corrected chi connectivity index (χ3v) is 5.17. The van der Waals surface area contributed by atoms with Crippen LogP contribution in [0, 0.1) is 0 Å². The average Bonchev–Trinajstić information content (AvgIpc) is 2.70. The number of pyridine rings is 1. The molecule has 0 spiro atoms. The number of carbonyl (C=O) groups is 1. The Hall–Kier alpha value is -1.16. The number of ether oxygens (including phenoxy) is 1. The summed E-state index contributed by atoms with van der Waals surface area (Å²) in [4.78, 5) is 11.2. The SMILES string of the molecule is C=C(C)C(=O)OCCCCCCCCCCCCCCCC[n+]1ccccc1.[Br-]. The minimum atomic E-state index is -0.258. The van der Waals surface area contributed by atoms with Gasteiger partial charge in [0.25, 0.3) is 0 Å². The largest absolute Gasteiger partial charge is 1.00 e. The zero-order valence-electron chi connectivity index (χ0n) is 18.5. The summed E-state index contributed by atoms with van der Waals surface area (Å²) in [5, 5.41) is 0. The highest BCUT2D eigenvalue weighted by molar-refractivity contribution is 5.86. The quantitative estimate of drug-likeness (QED) is 0.143. The number of halogens is 1. The smallest absolute Gasteiger partial charge is 0.333 e. The molecule has 0 fully saturated rings. The highest BCUT2D eigenvalue weighted by Crippen LogP contribution is 2.13. The molecule has 1 rings (SSSR count). The van der Waals surface area contributed by atoms with E-state index >= 15 is 0 Å². The second kappa shape index (κ2) is 20.1. The first-order valence-electron chi connectivity index (χ1n) is 11.5. The van der Waals surface area contributed by atoms with Crippen LogP contribution in [0.1, 0.15) is 96.8 Å². The van der Waals surface area contributed by atoms with Gasteiger partial charge in [0.1, 0.15) is 6.54 Å². The van der Waals surface area contributed by atoms with Crippen molar-refractivity contribution in [3.63, 3.8) is 0 Å². The second-order valence-corrected chi connectivity index (χ2v) is 7.98. The zero-order valence-corrected chi connectivity index (χ0v) is 20.1. The Morgan fingerprint density at radius 1 is 0.724 bits per heavy atom. The van der Waals surface area contributed by atoms with E-state index in [1.807, 2.05) is 0 Å². The maximum atomic E-state index is 11.2. The van der Waals surface area contributed by atoms with Gasteiger partial charge in [0.2, 0.25) is 0 Å². The number of nitrogens with zero attached hydrogens (tertiary/aromatic N) is 1. The maximum absolute atomic E-state index is 11.2. The van der Waals surface area contributed by atoms with Crippen molar-refractivity contribution >= 4 is 5.97 Å². The zero-order chi connectivity index (χ0) is 20.3. The van der Waals surface area contributed by atoms with E-state index in [1.54, 1.807) is 6.92 Å². The van der Waals surface area contributed by atoms with E-state index in [1.165, 1.54) is 77.0 Å². The van der Waals surface area contributed by atoms with Gasteiger partial charge in [0, 0.05) is 24.1 Å². The van der Waals surface area contributed by atoms with Gasteiger partial charge in [-0.25, -0.2) is 9.36 Å². The third kappa shape index (κ3) is 17.4. The topological polar surface area (TPSA) is 30.2 Å². The Balaban J connectivity index is 0.00000784. The lowest BCUT2D eigenvalue weighted by atomic mass is 10.0. The molecular formula is C25H42BrNO2. The highest BCUT2D eigenvalue weighted by atomic mass is 79.9. The molecule has 0 bridgehead atoms. The van der Waals surface area contributed by atoms with Gasteiger partial charge in [-0.1, -0.05) is 83.3 Å². The normalized spacial score (nSPS) is 10.4. The van der Waals surface area contributed by atoms with Crippen LogP contribution in [0.15, 0.2) is 42.7 Å². The molecular weight excluding hydrogens is 426 g/mol. The van der Waals surface area contributed by atoms with Gasteiger partial charge >= 0.3 is 5.97 Å². The van der Waals surface area contributed by atoms with Gasteiger partial charge in [-0.15, -0.1) is 0 Å². The van der Waals surface area contributed by atoms with Gasteiger partial charge in [-0.2, -0.15) is 0 Å². The minimum Gasteiger partial charge on any atom is -1.00 e. The lowest BCUT2D eigenvalue weighted by Gasteiger charge is -2.05. The minimum absolute atomic E-state index is 0. The first kappa shape index (κ1) is 27.8. The number of carbonyl (C=O) groups excluding carboxylic acids is 1. The van der Waals surface area contributed by atoms with Crippen LogP contribution < -0.4 is 21.5 Å². The number of aryl methyl sites for hydroxylation is 1. The number of rotatable bonds is 18. The van der Waals surface area contributed by atoms with Crippen LogP contribution in [0.25, 0.3) is 0 Å². The Morgan fingerprint density at radius 3 is 1.59 bits per heavy atom.